The molecule has 35 heavy (non-hydrogen) atoms. The number of nitrogens with one attached hydrogen (secondary N) is 2. The molecule has 3 aromatic rings. The summed E-state index contributed by atoms with van der Waals surface area (Å²) in [5, 5.41) is 5.13. The number of piperazine rings is 1. The van der Waals surface area contributed by atoms with Gasteiger partial charge in [0.2, 0.25) is 5.91 Å². The summed E-state index contributed by atoms with van der Waals surface area (Å²) in [6.07, 6.45) is 0.358. The molecule has 0 radical (unpaired) electrons. The summed E-state index contributed by atoms with van der Waals surface area (Å²) in [5.74, 6) is -1.15. The van der Waals surface area contributed by atoms with E-state index in [1.807, 2.05) is 41.3 Å². The second-order valence-corrected chi connectivity index (χ2v) is 8.15. The van der Waals surface area contributed by atoms with E-state index in [0.717, 1.165) is 29.1 Å². The summed E-state index contributed by atoms with van der Waals surface area (Å²) < 4.78 is 31.5. The molecule has 0 unspecified atom stereocenters. The number of benzene rings is 3. The first kappa shape index (κ1) is 24.0. The summed E-state index contributed by atoms with van der Waals surface area (Å²) >= 11 is 0. The molecular formula is C26H26F2N4O3. The Morgan fingerprint density at radius 1 is 0.829 bits per heavy atom. The lowest BCUT2D eigenvalue weighted by Crippen LogP contribution is -2.49. The van der Waals surface area contributed by atoms with Crippen LogP contribution in [0.2, 0.25) is 0 Å². The van der Waals surface area contributed by atoms with Gasteiger partial charge in [-0.25, -0.2) is 13.6 Å². The molecule has 0 aromatic heterocycles. The average molecular weight is 481 g/mol. The first-order chi connectivity index (χ1) is 16.9. The summed E-state index contributed by atoms with van der Waals surface area (Å²) in [7, 11) is 1.61. The number of carbonyl (C=O) groups excluding carboxylic acids is 2. The van der Waals surface area contributed by atoms with Crippen LogP contribution in [-0.2, 0) is 11.2 Å². The second-order valence-electron chi connectivity index (χ2n) is 8.15. The van der Waals surface area contributed by atoms with Gasteiger partial charge in [0, 0.05) is 49.3 Å². The van der Waals surface area contributed by atoms with Crippen LogP contribution in [0.25, 0.3) is 0 Å². The van der Waals surface area contributed by atoms with Crippen LogP contribution in [0.3, 0.4) is 0 Å². The average Bonchev–Trinajstić information content (AvgIpc) is 2.87. The van der Waals surface area contributed by atoms with Crippen molar-refractivity contribution in [2.24, 2.45) is 0 Å². The molecule has 2 N–H and O–H groups in total. The number of hydrogen-bond acceptors (Lipinski definition) is 4. The number of amides is 3. The number of anilines is 3. The summed E-state index contributed by atoms with van der Waals surface area (Å²) in [4.78, 5) is 28.9. The van der Waals surface area contributed by atoms with E-state index in [1.165, 1.54) is 6.07 Å². The predicted molar refractivity (Wildman–Crippen MR) is 131 cm³/mol. The highest BCUT2D eigenvalue weighted by atomic mass is 19.2. The lowest BCUT2D eigenvalue weighted by atomic mass is 10.1. The molecule has 3 amide bonds. The van der Waals surface area contributed by atoms with Crippen LogP contribution in [0.1, 0.15) is 5.56 Å². The summed E-state index contributed by atoms with van der Waals surface area (Å²) in [6, 6.07) is 17.4. The van der Waals surface area contributed by atoms with Gasteiger partial charge in [0.15, 0.2) is 11.6 Å². The van der Waals surface area contributed by atoms with Crippen molar-refractivity contribution in [1.29, 1.82) is 0 Å². The standard InChI is InChI=1S/C26H26F2N4O3/c1-35-22-9-2-18(3-10-22)16-25(33)32-14-12-31(13-15-32)21-7-4-19(5-8-21)29-26(34)30-20-6-11-23(27)24(28)17-20/h2-11,17H,12-16H2,1H3,(H2,29,30,34). The largest absolute Gasteiger partial charge is 0.497 e. The summed E-state index contributed by atoms with van der Waals surface area (Å²) in [6.45, 7) is 2.67. The van der Waals surface area contributed by atoms with Crippen molar-refractivity contribution in [2.75, 3.05) is 48.8 Å². The second kappa shape index (κ2) is 10.9. The van der Waals surface area contributed by atoms with Crippen molar-refractivity contribution in [2.45, 2.75) is 6.42 Å². The van der Waals surface area contributed by atoms with Crippen LogP contribution in [0.15, 0.2) is 66.7 Å². The van der Waals surface area contributed by atoms with E-state index in [-0.39, 0.29) is 11.6 Å². The zero-order valence-electron chi connectivity index (χ0n) is 19.3. The van der Waals surface area contributed by atoms with Crippen LogP contribution in [-0.4, -0.2) is 50.1 Å². The molecule has 1 heterocycles. The molecular weight excluding hydrogens is 454 g/mol. The highest BCUT2D eigenvalue weighted by Gasteiger charge is 2.21. The van der Waals surface area contributed by atoms with Gasteiger partial charge in [0.05, 0.1) is 13.5 Å². The monoisotopic (exact) mass is 480 g/mol. The molecule has 182 valence electrons. The van der Waals surface area contributed by atoms with Crippen LogP contribution < -0.4 is 20.3 Å². The topological polar surface area (TPSA) is 73.9 Å². The molecule has 0 bridgehead atoms. The maximum absolute atomic E-state index is 13.3. The minimum atomic E-state index is -1.03. The maximum atomic E-state index is 13.3. The van der Waals surface area contributed by atoms with Gasteiger partial charge in [-0.2, -0.15) is 0 Å². The number of hydrogen-bond donors (Lipinski definition) is 2. The van der Waals surface area contributed by atoms with E-state index in [2.05, 4.69) is 15.5 Å². The fourth-order valence-electron chi connectivity index (χ4n) is 3.87. The Bertz CT molecular complexity index is 1180. The van der Waals surface area contributed by atoms with Gasteiger partial charge in [0.25, 0.3) is 0 Å². The van der Waals surface area contributed by atoms with Gasteiger partial charge in [0.1, 0.15) is 5.75 Å². The first-order valence-corrected chi connectivity index (χ1v) is 11.2. The van der Waals surface area contributed by atoms with Crippen molar-refractivity contribution in [1.82, 2.24) is 4.90 Å². The first-order valence-electron chi connectivity index (χ1n) is 11.2. The Labute approximate surface area is 202 Å². The zero-order chi connectivity index (χ0) is 24.8. The molecule has 7 nitrogen and oxygen atoms in total. The smallest absolute Gasteiger partial charge is 0.323 e. The lowest BCUT2D eigenvalue weighted by Gasteiger charge is -2.36. The molecule has 1 aliphatic rings. The molecule has 0 saturated carbocycles. The molecule has 1 fully saturated rings. The fraction of sp³-hybridized carbons (Fsp3) is 0.231. The number of methoxy groups -OCH3 is 1. The van der Waals surface area contributed by atoms with E-state index in [9.17, 15) is 18.4 Å². The van der Waals surface area contributed by atoms with Gasteiger partial charge in [-0.3, -0.25) is 4.79 Å². The third-order valence-electron chi connectivity index (χ3n) is 5.81. The van der Waals surface area contributed by atoms with Crippen LogP contribution in [0, 0.1) is 11.6 Å². The quantitative estimate of drug-likeness (QED) is 0.545. The minimum absolute atomic E-state index is 0.0985. The van der Waals surface area contributed by atoms with Gasteiger partial charge in [-0.05, 0) is 54.1 Å². The normalized spacial score (nSPS) is 13.3. The Morgan fingerprint density at radius 3 is 2.09 bits per heavy atom. The third kappa shape index (κ3) is 6.26. The third-order valence-corrected chi connectivity index (χ3v) is 5.81. The maximum Gasteiger partial charge on any atom is 0.323 e. The number of halogens is 2. The lowest BCUT2D eigenvalue weighted by molar-refractivity contribution is -0.130. The minimum Gasteiger partial charge on any atom is -0.497 e. The molecule has 4 rings (SSSR count). The number of urea groups is 1. The highest BCUT2D eigenvalue weighted by molar-refractivity contribution is 5.99. The highest BCUT2D eigenvalue weighted by Crippen LogP contribution is 2.21. The van der Waals surface area contributed by atoms with E-state index in [0.29, 0.717) is 38.3 Å². The van der Waals surface area contributed by atoms with Gasteiger partial charge in [-0.1, -0.05) is 12.1 Å². The summed E-state index contributed by atoms with van der Waals surface area (Å²) in [5.41, 5.74) is 2.65. The number of rotatable bonds is 6. The van der Waals surface area contributed by atoms with Gasteiger partial charge < -0.3 is 25.2 Å². The predicted octanol–water partition coefficient (Wildman–Crippen LogP) is 4.51. The van der Waals surface area contributed by atoms with E-state index in [1.54, 1.807) is 19.2 Å². The Hall–Kier alpha value is -4.14. The van der Waals surface area contributed by atoms with E-state index >= 15 is 0 Å². The van der Waals surface area contributed by atoms with Crippen LogP contribution in [0.5, 0.6) is 5.75 Å². The molecule has 9 heteroatoms. The SMILES string of the molecule is COc1ccc(CC(=O)N2CCN(c3ccc(NC(=O)Nc4ccc(F)c(F)c4)cc3)CC2)cc1. The van der Waals surface area contributed by atoms with Gasteiger partial charge >= 0.3 is 6.03 Å². The zero-order valence-corrected chi connectivity index (χ0v) is 19.3. The number of carbonyl (C=O) groups is 2. The van der Waals surface area contributed by atoms with Crippen molar-refractivity contribution in [3.05, 3.63) is 83.9 Å². The molecule has 3 aromatic carbocycles. The fourth-order valence-corrected chi connectivity index (χ4v) is 3.87. The molecule has 1 saturated heterocycles. The van der Waals surface area contributed by atoms with Crippen LogP contribution >= 0.6 is 0 Å². The molecule has 0 spiro atoms. The van der Waals surface area contributed by atoms with E-state index in [4.69, 9.17) is 4.74 Å². The Kier molecular flexibility index (Phi) is 7.45. The number of ether oxygens (including phenoxy) is 1. The molecule has 0 aliphatic carbocycles. The molecule has 0 atom stereocenters. The van der Waals surface area contributed by atoms with Gasteiger partial charge in [-0.15, -0.1) is 0 Å². The van der Waals surface area contributed by atoms with Crippen molar-refractivity contribution in [3.8, 4) is 5.75 Å². The number of nitrogens with zero attached hydrogens (tertiary/aromatic N) is 2. The Balaban J connectivity index is 1.25. The van der Waals surface area contributed by atoms with E-state index < -0.39 is 17.7 Å². The van der Waals surface area contributed by atoms with Crippen molar-refractivity contribution < 1.29 is 23.1 Å². The van der Waals surface area contributed by atoms with Crippen LogP contribution in [0.4, 0.5) is 30.6 Å². The molecule has 1 aliphatic heterocycles. The Morgan fingerprint density at radius 2 is 1.46 bits per heavy atom. The van der Waals surface area contributed by atoms with Crippen molar-refractivity contribution in [3.63, 3.8) is 0 Å². The van der Waals surface area contributed by atoms with Crippen molar-refractivity contribution >= 4 is 29.0 Å².